The Kier molecular flexibility index (Phi) is 1.36. The number of aromatic nitrogens is 1. The van der Waals surface area contributed by atoms with E-state index >= 15 is 0 Å². The molecule has 0 spiro atoms. The number of benzene rings is 1. The SMILES string of the molecule is O=C1Nc2nc(Cl)cc3cccc1c23. The summed E-state index contributed by atoms with van der Waals surface area (Å²) in [4.78, 5) is 15.5. The fourth-order valence-corrected chi connectivity index (χ4v) is 1.93. The Labute approximate surface area is 84.7 Å². The molecule has 0 aliphatic carbocycles. The van der Waals surface area contributed by atoms with Crippen molar-refractivity contribution >= 4 is 34.1 Å². The van der Waals surface area contributed by atoms with Gasteiger partial charge >= 0.3 is 0 Å². The van der Waals surface area contributed by atoms with E-state index in [2.05, 4.69) is 10.3 Å². The van der Waals surface area contributed by atoms with Crippen LogP contribution in [0.4, 0.5) is 5.82 Å². The molecule has 1 aliphatic heterocycles. The molecule has 1 N–H and O–H groups in total. The minimum atomic E-state index is -0.111. The van der Waals surface area contributed by atoms with Crippen LogP contribution >= 0.6 is 11.6 Å². The van der Waals surface area contributed by atoms with E-state index in [1.54, 1.807) is 12.1 Å². The molecule has 0 unspecified atom stereocenters. The van der Waals surface area contributed by atoms with Crippen LogP contribution in [0.5, 0.6) is 0 Å². The van der Waals surface area contributed by atoms with Gasteiger partial charge in [0.1, 0.15) is 11.0 Å². The zero-order valence-electron chi connectivity index (χ0n) is 7.04. The van der Waals surface area contributed by atoms with Crippen LogP contribution in [0.25, 0.3) is 10.8 Å². The van der Waals surface area contributed by atoms with E-state index in [0.29, 0.717) is 16.5 Å². The first kappa shape index (κ1) is 7.76. The second-order valence-electron chi connectivity index (χ2n) is 3.15. The van der Waals surface area contributed by atoms with Crippen molar-refractivity contribution in [2.75, 3.05) is 5.32 Å². The Morgan fingerprint density at radius 2 is 2.21 bits per heavy atom. The molecule has 2 aromatic rings. The van der Waals surface area contributed by atoms with E-state index in [0.717, 1.165) is 10.8 Å². The lowest BCUT2D eigenvalue weighted by Crippen LogP contribution is -2.04. The van der Waals surface area contributed by atoms with Crippen molar-refractivity contribution in [1.29, 1.82) is 0 Å². The van der Waals surface area contributed by atoms with E-state index in [1.807, 2.05) is 12.1 Å². The average Bonchev–Trinajstić information content (AvgIpc) is 2.45. The fourth-order valence-electron chi connectivity index (χ4n) is 1.73. The predicted octanol–water partition coefficient (Wildman–Crippen LogP) is 2.45. The van der Waals surface area contributed by atoms with Crippen molar-refractivity contribution < 1.29 is 4.79 Å². The standard InChI is InChI=1S/C10H5ClN2O/c11-7-4-5-2-1-3-6-8(5)9(12-7)13-10(6)14/h1-4H,(H,12,13,14). The van der Waals surface area contributed by atoms with Crippen molar-refractivity contribution in [2.45, 2.75) is 0 Å². The lowest BCUT2D eigenvalue weighted by atomic mass is 10.1. The minimum Gasteiger partial charge on any atom is -0.306 e. The van der Waals surface area contributed by atoms with Crippen molar-refractivity contribution in [3.8, 4) is 0 Å². The van der Waals surface area contributed by atoms with Crippen LogP contribution in [0.2, 0.25) is 5.15 Å². The monoisotopic (exact) mass is 204 g/mol. The highest BCUT2D eigenvalue weighted by atomic mass is 35.5. The van der Waals surface area contributed by atoms with Gasteiger partial charge in [-0.3, -0.25) is 4.79 Å². The quantitative estimate of drug-likeness (QED) is 0.670. The van der Waals surface area contributed by atoms with Gasteiger partial charge < -0.3 is 5.32 Å². The molecule has 1 amide bonds. The van der Waals surface area contributed by atoms with Crippen LogP contribution in [0.15, 0.2) is 24.3 Å². The lowest BCUT2D eigenvalue weighted by molar-refractivity contribution is 0.103. The Bertz CT molecular complexity index is 565. The number of hydrogen-bond acceptors (Lipinski definition) is 2. The maximum absolute atomic E-state index is 11.5. The highest BCUT2D eigenvalue weighted by Crippen LogP contribution is 2.32. The number of carbonyl (C=O) groups excluding carboxylic acids is 1. The van der Waals surface area contributed by atoms with Gasteiger partial charge in [-0.2, -0.15) is 0 Å². The number of nitrogens with zero attached hydrogens (tertiary/aromatic N) is 1. The average molecular weight is 205 g/mol. The van der Waals surface area contributed by atoms with Crippen LogP contribution in [-0.2, 0) is 0 Å². The molecule has 2 heterocycles. The molecule has 0 saturated carbocycles. The van der Waals surface area contributed by atoms with E-state index in [1.165, 1.54) is 0 Å². The van der Waals surface area contributed by atoms with Gasteiger partial charge in [0.25, 0.3) is 5.91 Å². The second-order valence-corrected chi connectivity index (χ2v) is 3.54. The summed E-state index contributed by atoms with van der Waals surface area (Å²) in [5.74, 6) is 0.452. The molecule has 3 nitrogen and oxygen atoms in total. The first-order chi connectivity index (χ1) is 6.75. The molecule has 68 valence electrons. The van der Waals surface area contributed by atoms with Crippen molar-refractivity contribution in [2.24, 2.45) is 0 Å². The Morgan fingerprint density at radius 1 is 1.36 bits per heavy atom. The lowest BCUT2D eigenvalue weighted by Gasteiger charge is -1.98. The molecule has 14 heavy (non-hydrogen) atoms. The molecular formula is C10H5ClN2O. The highest BCUT2D eigenvalue weighted by Gasteiger charge is 2.22. The van der Waals surface area contributed by atoms with E-state index < -0.39 is 0 Å². The zero-order valence-corrected chi connectivity index (χ0v) is 7.80. The fraction of sp³-hybridized carbons (Fsp3) is 0. The number of nitrogens with one attached hydrogen (secondary N) is 1. The molecular weight excluding hydrogens is 200 g/mol. The molecule has 0 radical (unpaired) electrons. The van der Waals surface area contributed by atoms with Gasteiger partial charge in [-0.25, -0.2) is 4.98 Å². The largest absolute Gasteiger partial charge is 0.306 e. The summed E-state index contributed by atoms with van der Waals surface area (Å²) >= 11 is 5.81. The molecule has 4 heteroatoms. The number of hydrogen-bond donors (Lipinski definition) is 1. The zero-order chi connectivity index (χ0) is 9.71. The van der Waals surface area contributed by atoms with Gasteiger partial charge in [0.05, 0.1) is 5.56 Å². The van der Waals surface area contributed by atoms with E-state index in [-0.39, 0.29) is 5.91 Å². The van der Waals surface area contributed by atoms with Crippen LogP contribution in [0.1, 0.15) is 10.4 Å². The maximum atomic E-state index is 11.5. The summed E-state index contributed by atoms with van der Waals surface area (Å²) < 4.78 is 0. The molecule has 1 aromatic heterocycles. The number of anilines is 1. The first-order valence-electron chi connectivity index (χ1n) is 4.16. The topological polar surface area (TPSA) is 42.0 Å². The third-order valence-electron chi connectivity index (χ3n) is 2.30. The van der Waals surface area contributed by atoms with E-state index in [4.69, 9.17) is 11.6 Å². The van der Waals surface area contributed by atoms with Crippen molar-refractivity contribution in [1.82, 2.24) is 4.98 Å². The normalized spacial score (nSPS) is 13.4. The molecule has 1 aliphatic rings. The third kappa shape index (κ3) is 0.873. The van der Waals surface area contributed by atoms with Gasteiger partial charge in [0, 0.05) is 5.39 Å². The smallest absolute Gasteiger partial charge is 0.257 e. The van der Waals surface area contributed by atoms with Gasteiger partial charge in [0.15, 0.2) is 0 Å². The summed E-state index contributed by atoms with van der Waals surface area (Å²) in [7, 11) is 0. The second kappa shape index (κ2) is 2.45. The van der Waals surface area contributed by atoms with Crippen molar-refractivity contribution in [3.05, 3.63) is 35.0 Å². The molecule has 0 fully saturated rings. The summed E-state index contributed by atoms with van der Waals surface area (Å²) in [5, 5.41) is 4.88. The van der Waals surface area contributed by atoms with Gasteiger partial charge in [-0.15, -0.1) is 0 Å². The molecule has 0 atom stereocenters. The van der Waals surface area contributed by atoms with Crippen molar-refractivity contribution in [3.63, 3.8) is 0 Å². The Balaban J connectivity index is 2.55. The van der Waals surface area contributed by atoms with Crippen LogP contribution < -0.4 is 5.32 Å². The van der Waals surface area contributed by atoms with Crippen LogP contribution in [0, 0.1) is 0 Å². The Morgan fingerprint density at radius 3 is 3.07 bits per heavy atom. The molecule has 0 bridgehead atoms. The summed E-state index contributed by atoms with van der Waals surface area (Å²) in [5.41, 5.74) is 0.668. The van der Waals surface area contributed by atoms with E-state index in [9.17, 15) is 4.79 Å². The van der Waals surface area contributed by atoms with Crippen LogP contribution in [-0.4, -0.2) is 10.9 Å². The highest BCUT2D eigenvalue weighted by molar-refractivity contribution is 6.31. The number of halogens is 1. The first-order valence-corrected chi connectivity index (χ1v) is 4.54. The number of pyridine rings is 1. The third-order valence-corrected chi connectivity index (χ3v) is 2.50. The number of rotatable bonds is 0. The van der Waals surface area contributed by atoms with Gasteiger partial charge in [-0.05, 0) is 17.5 Å². The summed E-state index contributed by atoms with van der Waals surface area (Å²) in [6, 6.07) is 7.28. The summed E-state index contributed by atoms with van der Waals surface area (Å²) in [6.45, 7) is 0. The number of carbonyl (C=O) groups is 1. The number of amides is 1. The maximum Gasteiger partial charge on any atom is 0.257 e. The van der Waals surface area contributed by atoms with Gasteiger partial charge in [0.2, 0.25) is 0 Å². The summed E-state index contributed by atoms with van der Waals surface area (Å²) in [6.07, 6.45) is 0. The molecule has 0 saturated heterocycles. The Hall–Kier alpha value is -1.61. The van der Waals surface area contributed by atoms with Gasteiger partial charge in [-0.1, -0.05) is 23.7 Å². The molecule has 3 rings (SSSR count). The minimum absolute atomic E-state index is 0.111. The predicted molar refractivity (Wildman–Crippen MR) is 54.7 cm³/mol. The molecule has 1 aromatic carbocycles. The van der Waals surface area contributed by atoms with Crippen LogP contribution in [0.3, 0.4) is 0 Å².